The number of Topliss-reactive ketones (excluding diaryl/α,β-unsaturated/α-hetero) is 1. The Morgan fingerprint density at radius 3 is 2.57 bits per heavy atom. The van der Waals surface area contributed by atoms with Crippen molar-refractivity contribution in [1.82, 2.24) is 19.7 Å². The number of nitrogens with one attached hydrogen (secondary N) is 3. The van der Waals surface area contributed by atoms with Crippen molar-refractivity contribution in [2.45, 2.75) is 13.8 Å². The van der Waals surface area contributed by atoms with Crippen LogP contribution in [0.3, 0.4) is 0 Å². The molecule has 1 aromatic carbocycles. The fourth-order valence-corrected chi connectivity index (χ4v) is 3.25. The van der Waals surface area contributed by atoms with E-state index in [-0.39, 0.29) is 24.8 Å². The first-order chi connectivity index (χ1) is 13.3. The maximum absolute atomic E-state index is 12.8. The fourth-order valence-electron chi connectivity index (χ4n) is 3.12. The number of amides is 1. The number of anilines is 1. The Balaban J connectivity index is 1.62. The Bertz CT molecular complexity index is 979. The summed E-state index contributed by atoms with van der Waals surface area (Å²) in [6, 6.07) is 8.72. The van der Waals surface area contributed by atoms with Gasteiger partial charge in [-0.15, -0.1) is 0 Å². The number of aromatic amines is 1. The molecule has 0 fully saturated rings. The third-order valence-corrected chi connectivity index (χ3v) is 4.65. The minimum atomic E-state index is -0.167. The number of hydrogen-bond donors (Lipinski definition) is 3. The van der Waals surface area contributed by atoms with Gasteiger partial charge >= 0.3 is 0 Å². The largest absolute Gasteiger partial charge is 0.323 e. The third-order valence-electron chi connectivity index (χ3n) is 4.40. The minimum absolute atomic E-state index is 0.0318. The molecule has 2 heterocycles. The topological polar surface area (TPSA) is 97.1 Å². The van der Waals surface area contributed by atoms with Gasteiger partial charge in [0.2, 0.25) is 11.7 Å². The fraction of sp³-hybridized carbons (Fsp3) is 0.263. The Morgan fingerprint density at radius 2 is 1.93 bits per heavy atom. The zero-order valence-corrected chi connectivity index (χ0v) is 16.7. The average Bonchev–Trinajstić information content (AvgIpc) is 3.24. The second kappa shape index (κ2) is 8.37. The number of likely N-dealkylation sites (N-methyl/N-ethyl adjacent to an activating group) is 1. The van der Waals surface area contributed by atoms with Crippen LogP contribution in [0.5, 0.6) is 0 Å². The molecule has 2 aromatic heterocycles. The predicted molar refractivity (Wildman–Crippen MR) is 106 cm³/mol. The number of hydrogen-bond acceptors (Lipinski definition) is 4. The van der Waals surface area contributed by atoms with Gasteiger partial charge in [-0.05, 0) is 44.2 Å². The lowest BCUT2D eigenvalue weighted by molar-refractivity contribution is -0.861. The zero-order chi connectivity index (χ0) is 20.3. The lowest BCUT2D eigenvalue weighted by Gasteiger charge is -2.13. The standard InChI is InChI=1S/C19H21ClN6O2/c1-12-8-16(13(2)26(12)19-21-11-22-24-19)17(27)9-25(3)10-18(28)23-15-6-4-14(20)5-7-15/h4-8,11H,9-10H2,1-3H3,(H,23,28)(H,21,22,24)/p+1. The van der Waals surface area contributed by atoms with Crippen molar-refractivity contribution in [3.8, 4) is 5.95 Å². The van der Waals surface area contributed by atoms with Gasteiger partial charge in [0, 0.05) is 27.7 Å². The molecule has 3 N–H and O–H groups in total. The number of benzene rings is 1. The van der Waals surface area contributed by atoms with Crippen molar-refractivity contribution in [2.75, 3.05) is 25.5 Å². The highest BCUT2D eigenvalue weighted by Gasteiger charge is 2.21. The van der Waals surface area contributed by atoms with Crippen LogP contribution in [0, 0.1) is 13.8 Å². The van der Waals surface area contributed by atoms with Crippen LogP contribution in [-0.2, 0) is 4.79 Å². The molecule has 1 amide bonds. The number of rotatable bonds is 7. The highest BCUT2D eigenvalue weighted by Crippen LogP contribution is 2.18. The van der Waals surface area contributed by atoms with Gasteiger partial charge in [0.25, 0.3) is 5.91 Å². The summed E-state index contributed by atoms with van der Waals surface area (Å²) < 4.78 is 1.85. The monoisotopic (exact) mass is 401 g/mol. The third kappa shape index (κ3) is 4.47. The highest BCUT2D eigenvalue weighted by molar-refractivity contribution is 6.30. The summed E-state index contributed by atoms with van der Waals surface area (Å²) in [4.78, 5) is 29.9. The molecule has 28 heavy (non-hydrogen) atoms. The predicted octanol–water partition coefficient (Wildman–Crippen LogP) is 1.20. The number of aryl methyl sites for hydroxylation is 1. The van der Waals surface area contributed by atoms with Crippen molar-refractivity contribution in [3.05, 3.63) is 58.6 Å². The number of aromatic nitrogens is 4. The van der Waals surface area contributed by atoms with E-state index in [1.807, 2.05) is 31.5 Å². The van der Waals surface area contributed by atoms with Crippen molar-refractivity contribution in [2.24, 2.45) is 0 Å². The van der Waals surface area contributed by atoms with Crippen molar-refractivity contribution in [1.29, 1.82) is 0 Å². The maximum atomic E-state index is 12.8. The molecule has 0 aliphatic rings. The van der Waals surface area contributed by atoms with Gasteiger partial charge in [-0.1, -0.05) is 11.6 Å². The van der Waals surface area contributed by atoms with Crippen molar-refractivity contribution >= 4 is 29.0 Å². The van der Waals surface area contributed by atoms with E-state index >= 15 is 0 Å². The van der Waals surface area contributed by atoms with Crippen LogP contribution in [-0.4, -0.2) is 51.6 Å². The molecular weight excluding hydrogens is 380 g/mol. The van der Waals surface area contributed by atoms with Crippen molar-refractivity contribution < 1.29 is 14.5 Å². The molecular formula is C19H22ClN6O2+. The van der Waals surface area contributed by atoms with Crippen LogP contribution >= 0.6 is 11.6 Å². The van der Waals surface area contributed by atoms with Crippen molar-refractivity contribution in [3.63, 3.8) is 0 Å². The Hall–Kier alpha value is -2.97. The molecule has 0 radical (unpaired) electrons. The molecule has 0 aliphatic heterocycles. The van der Waals surface area contributed by atoms with Crippen LogP contribution in [0.1, 0.15) is 21.7 Å². The van der Waals surface area contributed by atoms with E-state index in [1.165, 1.54) is 6.33 Å². The Morgan fingerprint density at radius 1 is 1.21 bits per heavy atom. The van der Waals surface area contributed by atoms with Crippen LogP contribution in [0.25, 0.3) is 5.95 Å². The molecule has 146 valence electrons. The molecule has 0 bridgehead atoms. The van der Waals surface area contributed by atoms with Gasteiger partial charge < -0.3 is 10.2 Å². The molecule has 3 rings (SSSR count). The number of nitrogens with zero attached hydrogens (tertiary/aromatic N) is 3. The van der Waals surface area contributed by atoms with E-state index in [0.29, 0.717) is 22.2 Å². The highest BCUT2D eigenvalue weighted by atomic mass is 35.5. The van der Waals surface area contributed by atoms with Crippen LogP contribution in [0.4, 0.5) is 5.69 Å². The van der Waals surface area contributed by atoms with E-state index in [4.69, 9.17) is 11.6 Å². The van der Waals surface area contributed by atoms with E-state index < -0.39 is 0 Å². The van der Waals surface area contributed by atoms with Gasteiger partial charge in [0.05, 0.1) is 7.05 Å². The summed E-state index contributed by atoms with van der Waals surface area (Å²) in [6.45, 7) is 4.15. The second-order valence-corrected chi connectivity index (χ2v) is 7.15. The Kier molecular flexibility index (Phi) is 5.91. The van der Waals surface area contributed by atoms with Gasteiger partial charge in [0.15, 0.2) is 6.54 Å². The molecule has 0 spiro atoms. The molecule has 8 nitrogen and oxygen atoms in total. The zero-order valence-electron chi connectivity index (χ0n) is 15.9. The smallest absolute Gasteiger partial charge is 0.279 e. The number of carbonyl (C=O) groups excluding carboxylic acids is 2. The van der Waals surface area contributed by atoms with Gasteiger partial charge in [-0.2, -0.15) is 10.1 Å². The first kappa shape index (κ1) is 19.8. The molecule has 9 heteroatoms. The average molecular weight is 402 g/mol. The van der Waals surface area contributed by atoms with E-state index in [9.17, 15) is 9.59 Å². The van der Waals surface area contributed by atoms with Gasteiger partial charge in [-0.25, -0.2) is 5.10 Å². The molecule has 3 aromatic rings. The quantitative estimate of drug-likeness (QED) is 0.518. The second-order valence-electron chi connectivity index (χ2n) is 6.72. The number of H-pyrrole nitrogens is 1. The van der Waals surface area contributed by atoms with E-state index in [0.717, 1.165) is 16.3 Å². The normalized spacial score (nSPS) is 12.0. The Labute approximate surface area is 167 Å². The molecule has 0 aliphatic carbocycles. The molecule has 1 unspecified atom stereocenters. The number of ketones is 1. The number of quaternary nitrogens is 1. The SMILES string of the molecule is Cc1cc(C(=O)C[NH+](C)CC(=O)Nc2ccc(Cl)cc2)c(C)n1-c1ncn[nH]1. The number of halogens is 1. The molecule has 1 atom stereocenters. The van der Waals surface area contributed by atoms with Crippen LogP contribution in [0.2, 0.25) is 5.02 Å². The van der Waals surface area contributed by atoms with Gasteiger partial charge in [0.1, 0.15) is 12.9 Å². The lowest BCUT2D eigenvalue weighted by Crippen LogP contribution is -3.11. The summed E-state index contributed by atoms with van der Waals surface area (Å²) in [5.41, 5.74) is 2.96. The van der Waals surface area contributed by atoms with Crippen LogP contribution in [0.15, 0.2) is 36.7 Å². The number of carbonyl (C=O) groups is 2. The minimum Gasteiger partial charge on any atom is -0.323 e. The van der Waals surface area contributed by atoms with E-state index in [2.05, 4.69) is 20.5 Å². The maximum Gasteiger partial charge on any atom is 0.279 e. The first-order valence-corrected chi connectivity index (χ1v) is 9.17. The van der Waals surface area contributed by atoms with Crippen LogP contribution < -0.4 is 10.2 Å². The first-order valence-electron chi connectivity index (χ1n) is 8.79. The molecule has 0 saturated heterocycles. The summed E-state index contributed by atoms with van der Waals surface area (Å²) in [5.74, 6) is 0.368. The summed E-state index contributed by atoms with van der Waals surface area (Å²) >= 11 is 5.84. The van der Waals surface area contributed by atoms with E-state index in [1.54, 1.807) is 24.3 Å². The summed E-state index contributed by atoms with van der Waals surface area (Å²) in [5, 5.41) is 10.1. The lowest BCUT2D eigenvalue weighted by atomic mass is 10.1. The summed E-state index contributed by atoms with van der Waals surface area (Å²) in [7, 11) is 1.81. The summed E-state index contributed by atoms with van der Waals surface area (Å²) in [6.07, 6.45) is 1.42. The molecule has 0 saturated carbocycles. The van der Waals surface area contributed by atoms with Gasteiger partial charge in [-0.3, -0.25) is 14.2 Å².